The highest BCUT2D eigenvalue weighted by atomic mass is 32.2. The summed E-state index contributed by atoms with van der Waals surface area (Å²) < 4.78 is 0. The summed E-state index contributed by atoms with van der Waals surface area (Å²) in [6, 6.07) is 11.4. The minimum Gasteiger partial charge on any atom is -0.341 e. The second-order valence-electron chi connectivity index (χ2n) is 6.99. The van der Waals surface area contributed by atoms with E-state index in [1.807, 2.05) is 42.2 Å². The highest BCUT2D eigenvalue weighted by molar-refractivity contribution is 7.99. The molecule has 0 aliphatic carbocycles. The highest BCUT2D eigenvalue weighted by Gasteiger charge is 2.25. The number of carbonyl (C=O) groups excluding carboxylic acids is 2. The van der Waals surface area contributed by atoms with Crippen LogP contribution >= 0.6 is 11.8 Å². The van der Waals surface area contributed by atoms with Gasteiger partial charge in [0.1, 0.15) is 6.54 Å². The summed E-state index contributed by atoms with van der Waals surface area (Å²) in [4.78, 5) is 33.9. The molecule has 1 aromatic carbocycles. The molecule has 1 aromatic heterocycles. The number of aryl methyl sites for hydroxylation is 1. The third-order valence-corrected chi connectivity index (χ3v) is 5.69. The van der Waals surface area contributed by atoms with Gasteiger partial charge in [-0.15, -0.1) is 11.8 Å². The van der Waals surface area contributed by atoms with Crippen molar-refractivity contribution in [3.63, 3.8) is 0 Å². The van der Waals surface area contributed by atoms with Gasteiger partial charge in [0.15, 0.2) is 0 Å². The lowest BCUT2D eigenvalue weighted by atomic mass is 10.1. The Morgan fingerprint density at radius 2 is 1.79 bits per heavy atom. The fraction of sp³-hybridized carbons (Fsp3) is 0.409. The van der Waals surface area contributed by atoms with Crippen molar-refractivity contribution in [1.29, 1.82) is 0 Å². The average Bonchev–Trinajstić information content (AvgIpc) is 2.73. The molecule has 0 bridgehead atoms. The van der Waals surface area contributed by atoms with E-state index in [0.29, 0.717) is 5.56 Å². The second kappa shape index (κ2) is 9.73. The molecule has 5 nitrogen and oxygen atoms in total. The number of hydrogen-bond acceptors (Lipinski definition) is 4. The molecule has 2 amide bonds. The van der Waals surface area contributed by atoms with Gasteiger partial charge in [0.25, 0.3) is 5.91 Å². The average molecular weight is 398 g/mol. The molecular weight excluding hydrogens is 370 g/mol. The number of hydrogen-bond donors (Lipinski definition) is 0. The van der Waals surface area contributed by atoms with Gasteiger partial charge in [-0.2, -0.15) is 0 Å². The first-order chi connectivity index (χ1) is 13.6. The van der Waals surface area contributed by atoms with Gasteiger partial charge in [0, 0.05) is 25.0 Å². The molecule has 28 heavy (non-hydrogen) atoms. The molecule has 2 aromatic rings. The second-order valence-corrected chi connectivity index (χ2v) is 8.27. The number of benzene rings is 1. The fourth-order valence-corrected chi connectivity index (χ4v) is 3.87. The number of nitrogens with zero attached hydrogens (tertiary/aromatic N) is 3. The minimum absolute atomic E-state index is 0.000238. The first kappa shape index (κ1) is 20.4. The van der Waals surface area contributed by atoms with E-state index in [1.54, 1.807) is 28.9 Å². The van der Waals surface area contributed by atoms with E-state index in [-0.39, 0.29) is 18.4 Å². The zero-order chi connectivity index (χ0) is 19.9. The maximum Gasteiger partial charge on any atom is 0.260 e. The Morgan fingerprint density at radius 1 is 1.07 bits per heavy atom. The number of rotatable bonds is 6. The van der Waals surface area contributed by atoms with Gasteiger partial charge in [-0.1, -0.05) is 24.6 Å². The van der Waals surface area contributed by atoms with E-state index >= 15 is 0 Å². The SMILES string of the molecule is CCSc1ccc(C(=O)N(CC(=O)N2CCCCC2)c2ccc(C)cc2)cn1. The summed E-state index contributed by atoms with van der Waals surface area (Å²) in [5.41, 5.74) is 2.33. The number of carbonyl (C=O) groups is 2. The molecule has 0 radical (unpaired) electrons. The van der Waals surface area contributed by atoms with Crippen molar-refractivity contribution in [2.24, 2.45) is 0 Å². The molecule has 0 unspecified atom stereocenters. The van der Waals surface area contributed by atoms with E-state index in [4.69, 9.17) is 0 Å². The van der Waals surface area contributed by atoms with Gasteiger partial charge in [-0.3, -0.25) is 14.5 Å². The van der Waals surface area contributed by atoms with Crippen molar-refractivity contribution in [2.45, 2.75) is 38.1 Å². The smallest absolute Gasteiger partial charge is 0.260 e. The summed E-state index contributed by atoms with van der Waals surface area (Å²) in [5.74, 6) is 0.731. The molecule has 1 aliphatic rings. The first-order valence-corrected chi connectivity index (χ1v) is 10.8. The van der Waals surface area contributed by atoms with Crippen LogP contribution in [0.25, 0.3) is 0 Å². The monoisotopic (exact) mass is 397 g/mol. The maximum atomic E-state index is 13.2. The van der Waals surface area contributed by atoms with Crippen LogP contribution in [0, 0.1) is 6.92 Å². The van der Waals surface area contributed by atoms with E-state index in [0.717, 1.165) is 54.4 Å². The predicted molar refractivity (Wildman–Crippen MR) is 114 cm³/mol. The maximum absolute atomic E-state index is 13.2. The molecule has 0 N–H and O–H groups in total. The van der Waals surface area contributed by atoms with Crippen LogP contribution in [0.15, 0.2) is 47.6 Å². The predicted octanol–water partition coefficient (Wildman–Crippen LogP) is 4.16. The lowest BCUT2D eigenvalue weighted by molar-refractivity contribution is -0.130. The lowest BCUT2D eigenvalue weighted by Gasteiger charge is -2.30. The standard InChI is InChI=1S/C22H27N3O2S/c1-3-28-20-12-9-18(15-23-20)22(27)25(19-10-7-17(2)8-11-19)16-21(26)24-13-5-4-6-14-24/h7-12,15H,3-6,13-14,16H2,1-2H3. The molecule has 6 heteroatoms. The molecule has 1 fully saturated rings. The van der Waals surface area contributed by atoms with Crippen molar-refractivity contribution >= 4 is 29.3 Å². The molecule has 3 rings (SSSR count). The Hall–Kier alpha value is -2.34. The number of amides is 2. The third-order valence-electron chi connectivity index (χ3n) is 4.87. The number of anilines is 1. The largest absolute Gasteiger partial charge is 0.341 e. The van der Waals surface area contributed by atoms with Crippen molar-refractivity contribution in [2.75, 3.05) is 30.3 Å². The summed E-state index contributed by atoms with van der Waals surface area (Å²) in [6.07, 6.45) is 4.83. The Morgan fingerprint density at radius 3 is 2.39 bits per heavy atom. The number of aromatic nitrogens is 1. The van der Waals surface area contributed by atoms with Gasteiger partial charge in [-0.25, -0.2) is 4.98 Å². The van der Waals surface area contributed by atoms with Crippen molar-refractivity contribution < 1.29 is 9.59 Å². The Kier molecular flexibility index (Phi) is 7.09. The molecule has 2 heterocycles. The first-order valence-electron chi connectivity index (χ1n) is 9.83. The zero-order valence-electron chi connectivity index (χ0n) is 16.6. The fourth-order valence-electron chi connectivity index (χ4n) is 3.28. The number of pyridine rings is 1. The number of likely N-dealkylation sites (tertiary alicyclic amines) is 1. The molecule has 0 atom stereocenters. The van der Waals surface area contributed by atoms with Gasteiger partial charge < -0.3 is 4.90 Å². The number of piperidine rings is 1. The lowest BCUT2D eigenvalue weighted by Crippen LogP contribution is -2.45. The van der Waals surface area contributed by atoms with E-state index < -0.39 is 0 Å². The quantitative estimate of drug-likeness (QED) is 0.687. The van der Waals surface area contributed by atoms with E-state index in [9.17, 15) is 9.59 Å². The van der Waals surface area contributed by atoms with Crippen LogP contribution in [-0.2, 0) is 4.79 Å². The van der Waals surface area contributed by atoms with Gasteiger partial charge >= 0.3 is 0 Å². The third kappa shape index (κ3) is 5.13. The van der Waals surface area contributed by atoms with Gasteiger partial charge in [0.05, 0.1) is 10.6 Å². The summed E-state index contributed by atoms with van der Waals surface area (Å²) in [7, 11) is 0. The number of thioether (sulfide) groups is 1. The summed E-state index contributed by atoms with van der Waals surface area (Å²) in [5, 5.41) is 0.894. The van der Waals surface area contributed by atoms with Crippen LogP contribution in [-0.4, -0.2) is 47.1 Å². The van der Waals surface area contributed by atoms with Crippen LogP contribution in [0.2, 0.25) is 0 Å². The van der Waals surface area contributed by atoms with Gasteiger partial charge in [0.2, 0.25) is 5.91 Å². The Balaban J connectivity index is 1.83. The summed E-state index contributed by atoms with van der Waals surface area (Å²) >= 11 is 1.63. The van der Waals surface area contributed by atoms with Crippen LogP contribution in [0.4, 0.5) is 5.69 Å². The van der Waals surface area contributed by atoms with Crippen molar-refractivity contribution in [1.82, 2.24) is 9.88 Å². The van der Waals surface area contributed by atoms with Gasteiger partial charge in [-0.05, 0) is 56.2 Å². The van der Waals surface area contributed by atoms with Crippen LogP contribution in [0.1, 0.15) is 42.1 Å². The van der Waals surface area contributed by atoms with Crippen LogP contribution < -0.4 is 4.90 Å². The Labute approximate surface area is 171 Å². The van der Waals surface area contributed by atoms with Crippen LogP contribution in [0.3, 0.4) is 0 Å². The van der Waals surface area contributed by atoms with Crippen molar-refractivity contribution in [3.8, 4) is 0 Å². The van der Waals surface area contributed by atoms with E-state index in [2.05, 4.69) is 11.9 Å². The normalized spacial score (nSPS) is 14.0. The Bertz CT molecular complexity index is 800. The zero-order valence-corrected chi connectivity index (χ0v) is 17.4. The molecule has 1 saturated heterocycles. The topological polar surface area (TPSA) is 53.5 Å². The molecule has 148 valence electrons. The molecule has 0 saturated carbocycles. The van der Waals surface area contributed by atoms with Crippen molar-refractivity contribution in [3.05, 3.63) is 53.7 Å². The molecular formula is C22H27N3O2S. The minimum atomic E-state index is -0.199. The molecule has 0 spiro atoms. The van der Waals surface area contributed by atoms with Crippen LogP contribution in [0.5, 0.6) is 0 Å². The highest BCUT2D eigenvalue weighted by Crippen LogP contribution is 2.21. The summed E-state index contributed by atoms with van der Waals surface area (Å²) in [6.45, 7) is 5.67. The molecule has 1 aliphatic heterocycles. The van der Waals surface area contributed by atoms with E-state index in [1.165, 1.54) is 0 Å².